The lowest BCUT2D eigenvalue weighted by Crippen LogP contribution is -2.25. The lowest BCUT2D eigenvalue weighted by Gasteiger charge is -2.13. The highest BCUT2D eigenvalue weighted by Crippen LogP contribution is 2.23. The Morgan fingerprint density at radius 2 is 1.86 bits per heavy atom. The van der Waals surface area contributed by atoms with E-state index in [1.807, 2.05) is 12.1 Å². The first kappa shape index (κ1) is 20.8. The van der Waals surface area contributed by atoms with Crippen molar-refractivity contribution in [1.29, 1.82) is 0 Å². The van der Waals surface area contributed by atoms with Crippen LogP contribution in [0.25, 0.3) is 0 Å². The number of aromatic nitrogens is 2. The molecule has 1 aromatic heterocycles. The zero-order chi connectivity index (χ0) is 21.0. The number of benzene rings is 2. The van der Waals surface area contributed by atoms with E-state index in [2.05, 4.69) is 4.98 Å². The van der Waals surface area contributed by atoms with Gasteiger partial charge in [-0.1, -0.05) is 42.1 Å². The Bertz CT molecular complexity index is 1090. The van der Waals surface area contributed by atoms with Crippen molar-refractivity contribution in [1.82, 2.24) is 9.55 Å². The first-order valence-electron chi connectivity index (χ1n) is 9.00. The molecule has 0 radical (unpaired) electrons. The highest BCUT2D eigenvalue weighted by atomic mass is 32.2. The Hall–Kier alpha value is -2.93. The van der Waals surface area contributed by atoms with Crippen molar-refractivity contribution in [2.24, 2.45) is 7.05 Å². The van der Waals surface area contributed by atoms with Crippen LogP contribution in [0.1, 0.15) is 32.7 Å². The third kappa shape index (κ3) is 4.74. The maximum atomic E-state index is 13.1. The Kier molecular flexibility index (Phi) is 6.49. The number of hydrogen-bond donors (Lipinski definition) is 0. The van der Waals surface area contributed by atoms with Gasteiger partial charge in [-0.25, -0.2) is 14.2 Å². The summed E-state index contributed by atoms with van der Waals surface area (Å²) >= 11 is 1.38. The second kappa shape index (κ2) is 9.05. The number of carbonyl (C=O) groups excluding carboxylic acids is 1. The van der Waals surface area contributed by atoms with E-state index in [1.165, 1.54) is 35.6 Å². The van der Waals surface area contributed by atoms with Crippen LogP contribution in [0.3, 0.4) is 0 Å². The smallest absolute Gasteiger partial charge is 0.338 e. The summed E-state index contributed by atoms with van der Waals surface area (Å²) in [5, 5.41) is 0.565. The minimum Gasteiger partial charge on any atom is -0.465 e. The molecule has 0 unspecified atom stereocenters. The minimum absolute atomic E-state index is 0.134. The van der Waals surface area contributed by atoms with Gasteiger partial charge >= 0.3 is 5.97 Å². The van der Waals surface area contributed by atoms with Gasteiger partial charge in [-0.3, -0.25) is 9.36 Å². The summed E-state index contributed by atoms with van der Waals surface area (Å²) in [5.74, 6) is -0.230. The van der Waals surface area contributed by atoms with Gasteiger partial charge in [0.2, 0.25) is 0 Å². The topological polar surface area (TPSA) is 61.2 Å². The Morgan fingerprint density at radius 1 is 1.17 bits per heavy atom. The van der Waals surface area contributed by atoms with Crippen LogP contribution in [0.5, 0.6) is 0 Å². The highest BCUT2D eigenvalue weighted by Gasteiger charge is 2.15. The zero-order valence-corrected chi connectivity index (χ0v) is 17.3. The molecule has 0 aliphatic heterocycles. The van der Waals surface area contributed by atoms with Crippen LogP contribution in [-0.2, 0) is 24.0 Å². The fourth-order valence-corrected chi connectivity index (χ4v) is 3.98. The van der Waals surface area contributed by atoms with Gasteiger partial charge in [-0.2, -0.15) is 0 Å². The van der Waals surface area contributed by atoms with E-state index >= 15 is 0 Å². The second-order valence-electron chi connectivity index (χ2n) is 6.56. The molecule has 0 aliphatic rings. The van der Waals surface area contributed by atoms with Gasteiger partial charge in [-0.05, 0) is 36.2 Å². The molecule has 0 aliphatic carbocycles. The van der Waals surface area contributed by atoms with Gasteiger partial charge in [0.1, 0.15) is 5.82 Å². The molecule has 0 bridgehead atoms. The maximum absolute atomic E-state index is 13.1. The number of carbonyl (C=O) groups is 1. The SMILES string of the molecule is COC(=O)c1ccccc1CSc1nc(C)c(Cc2ccc(F)cc2)c(=O)n1C. The predicted octanol–water partition coefficient (Wildman–Crippen LogP) is 3.90. The summed E-state index contributed by atoms with van der Waals surface area (Å²) in [6.45, 7) is 1.80. The van der Waals surface area contributed by atoms with Crippen molar-refractivity contribution in [2.45, 2.75) is 24.3 Å². The molecular weight excluding hydrogens is 391 g/mol. The maximum Gasteiger partial charge on any atom is 0.338 e. The molecule has 150 valence electrons. The summed E-state index contributed by atoms with van der Waals surface area (Å²) < 4.78 is 19.5. The average molecular weight is 412 g/mol. The molecular formula is C22H21FN2O3S. The lowest BCUT2D eigenvalue weighted by molar-refractivity contribution is 0.0600. The standard InChI is InChI=1S/C22H21FN2O3S/c1-14-19(12-15-8-10-17(23)11-9-15)20(26)25(2)22(24-14)29-13-16-6-4-5-7-18(16)21(27)28-3/h4-11H,12-13H2,1-3H3. The average Bonchev–Trinajstić information content (AvgIpc) is 2.73. The first-order valence-corrected chi connectivity index (χ1v) is 9.99. The third-order valence-electron chi connectivity index (χ3n) is 4.62. The number of methoxy groups -OCH3 is 1. The molecule has 0 saturated heterocycles. The number of aryl methyl sites for hydroxylation is 1. The number of esters is 1. The number of nitrogens with zero attached hydrogens (tertiary/aromatic N) is 2. The van der Waals surface area contributed by atoms with E-state index in [9.17, 15) is 14.0 Å². The summed E-state index contributed by atoms with van der Waals surface area (Å²) in [5.41, 5.74) is 3.25. The van der Waals surface area contributed by atoms with Gasteiger partial charge in [0.25, 0.3) is 5.56 Å². The second-order valence-corrected chi connectivity index (χ2v) is 7.51. The summed E-state index contributed by atoms with van der Waals surface area (Å²) in [4.78, 5) is 29.4. The molecule has 2 aromatic carbocycles. The fourth-order valence-electron chi connectivity index (χ4n) is 2.97. The van der Waals surface area contributed by atoms with Crippen molar-refractivity contribution in [3.8, 4) is 0 Å². The van der Waals surface area contributed by atoms with E-state index in [1.54, 1.807) is 38.2 Å². The van der Waals surface area contributed by atoms with Crippen LogP contribution >= 0.6 is 11.8 Å². The van der Waals surface area contributed by atoms with Crippen LogP contribution in [0.4, 0.5) is 4.39 Å². The van der Waals surface area contributed by atoms with Gasteiger partial charge < -0.3 is 4.74 Å². The molecule has 7 heteroatoms. The molecule has 5 nitrogen and oxygen atoms in total. The molecule has 0 saturated carbocycles. The molecule has 0 atom stereocenters. The summed E-state index contributed by atoms with van der Waals surface area (Å²) in [7, 11) is 3.03. The van der Waals surface area contributed by atoms with Crippen LogP contribution < -0.4 is 5.56 Å². The number of ether oxygens (including phenoxy) is 1. The lowest BCUT2D eigenvalue weighted by atomic mass is 10.1. The minimum atomic E-state index is -0.395. The van der Waals surface area contributed by atoms with Gasteiger partial charge in [0.05, 0.1) is 12.7 Å². The molecule has 0 amide bonds. The number of hydrogen-bond acceptors (Lipinski definition) is 5. The molecule has 29 heavy (non-hydrogen) atoms. The Labute approximate surface area is 172 Å². The van der Waals surface area contributed by atoms with Crippen molar-refractivity contribution in [2.75, 3.05) is 7.11 Å². The normalized spacial score (nSPS) is 10.8. The van der Waals surface area contributed by atoms with Crippen molar-refractivity contribution >= 4 is 17.7 Å². The molecule has 3 rings (SSSR count). The number of halogens is 1. The van der Waals surface area contributed by atoms with Crippen LogP contribution in [0, 0.1) is 12.7 Å². The van der Waals surface area contributed by atoms with E-state index in [0.29, 0.717) is 34.2 Å². The van der Waals surface area contributed by atoms with E-state index in [-0.39, 0.29) is 11.4 Å². The number of rotatable bonds is 6. The molecule has 0 spiro atoms. The quantitative estimate of drug-likeness (QED) is 0.349. The highest BCUT2D eigenvalue weighted by molar-refractivity contribution is 7.98. The van der Waals surface area contributed by atoms with Gasteiger partial charge in [-0.15, -0.1) is 0 Å². The zero-order valence-electron chi connectivity index (χ0n) is 16.4. The number of thioether (sulfide) groups is 1. The summed E-state index contributed by atoms with van der Waals surface area (Å²) in [6.07, 6.45) is 0.391. The van der Waals surface area contributed by atoms with E-state index in [0.717, 1.165) is 11.1 Å². The van der Waals surface area contributed by atoms with Crippen molar-refractivity contribution < 1.29 is 13.9 Å². The fraction of sp³-hybridized carbons (Fsp3) is 0.227. The third-order valence-corrected chi connectivity index (χ3v) is 5.70. The Balaban J connectivity index is 1.84. The molecule has 0 fully saturated rings. The largest absolute Gasteiger partial charge is 0.465 e. The van der Waals surface area contributed by atoms with E-state index in [4.69, 9.17) is 4.74 Å². The monoisotopic (exact) mass is 412 g/mol. The summed E-state index contributed by atoms with van der Waals surface area (Å²) in [6, 6.07) is 13.3. The van der Waals surface area contributed by atoms with Crippen LogP contribution in [0.2, 0.25) is 0 Å². The first-order chi connectivity index (χ1) is 13.9. The van der Waals surface area contributed by atoms with Gasteiger partial charge in [0.15, 0.2) is 5.16 Å². The van der Waals surface area contributed by atoms with E-state index < -0.39 is 5.97 Å². The van der Waals surface area contributed by atoms with Crippen LogP contribution in [0.15, 0.2) is 58.5 Å². The van der Waals surface area contributed by atoms with Crippen molar-refractivity contribution in [3.05, 3.63) is 92.6 Å². The van der Waals surface area contributed by atoms with Crippen molar-refractivity contribution in [3.63, 3.8) is 0 Å². The predicted molar refractivity (Wildman–Crippen MR) is 111 cm³/mol. The van der Waals surface area contributed by atoms with Crippen LogP contribution in [-0.4, -0.2) is 22.6 Å². The molecule has 0 N–H and O–H groups in total. The molecule has 3 aromatic rings. The Morgan fingerprint density at radius 3 is 2.55 bits per heavy atom. The van der Waals surface area contributed by atoms with Gasteiger partial charge in [0, 0.05) is 30.5 Å². The molecule has 1 heterocycles.